The minimum Gasteiger partial charge on any atom is -0.375 e. The Hall–Kier alpha value is -0.870. The van der Waals surface area contributed by atoms with Crippen LogP contribution in [0.25, 0.3) is 11.3 Å². The summed E-state index contributed by atoms with van der Waals surface area (Å²) in [6.45, 7) is 2.06. The molecule has 0 atom stereocenters. The number of anilines is 1. The highest BCUT2D eigenvalue weighted by molar-refractivity contribution is 9.11. The van der Waals surface area contributed by atoms with Crippen molar-refractivity contribution in [2.24, 2.45) is 0 Å². The summed E-state index contributed by atoms with van der Waals surface area (Å²) < 4.78 is 0.985. The van der Waals surface area contributed by atoms with E-state index in [4.69, 9.17) is 5.73 Å². The second-order valence-electron chi connectivity index (χ2n) is 3.04. The molecule has 0 bridgehead atoms. The fraction of sp³-hybridized carbons (Fsp3) is 0.100. The molecule has 4 heteroatoms. The van der Waals surface area contributed by atoms with E-state index in [0.717, 1.165) is 15.0 Å². The van der Waals surface area contributed by atoms with Gasteiger partial charge in [0.25, 0.3) is 0 Å². The largest absolute Gasteiger partial charge is 0.375 e. The third-order valence-electron chi connectivity index (χ3n) is 1.93. The standard InChI is InChI=1S/C10H9BrN2S/c1-6-2-4-7(5-3-6)8-9(11)14-10(12)13-8/h2-5H,1H3,(H2,12,13). The van der Waals surface area contributed by atoms with Crippen molar-refractivity contribution in [1.29, 1.82) is 0 Å². The van der Waals surface area contributed by atoms with Crippen molar-refractivity contribution in [2.75, 3.05) is 5.73 Å². The first-order valence-electron chi connectivity index (χ1n) is 4.15. The lowest BCUT2D eigenvalue weighted by molar-refractivity contribution is 1.39. The van der Waals surface area contributed by atoms with Gasteiger partial charge in [-0.3, -0.25) is 0 Å². The van der Waals surface area contributed by atoms with Crippen molar-refractivity contribution in [2.45, 2.75) is 6.92 Å². The second kappa shape index (κ2) is 3.71. The summed E-state index contributed by atoms with van der Waals surface area (Å²) in [6, 6.07) is 8.23. The Morgan fingerprint density at radius 2 is 1.93 bits per heavy atom. The molecule has 1 aromatic carbocycles. The molecule has 2 nitrogen and oxygen atoms in total. The van der Waals surface area contributed by atoms with E-state index < -0.39 is 0 Å². The average molecular weight is 269 g/mol. The Morgan fingerprint density at radius 3 is 2.43 bits per heavy atom. The van der Waals surface area contributed by atoms with Crippen LogP contribution < -0.4 is 5.73 Å². The summed E-state index contributed by atoms with van der Waals surface area (Å²) in [6.07, 6.45) is 0. The molecule has 1 heterocycles. The molecule has 1 aromatic heterocycles. The predicted octanol–water partition coefficient (Wildman–Crippen LogP) is 3.46. The first-order chi connectivity index (χ1) is 6.66. The monoisotopic (exact) mass is 268 g/mol. The Balaban J connectivity index is 2.49. The van der Waals surface area contributed by atoms with Crippen LogP contribution in [0.5, 0.6) is 0 Å². The van der Waals surface area contributed by atoms with E-state index in [1.807, 2.05) is 0 Å². The lowest BCUT2D eigenvalue weighted by Crippen LogP contribution is -1.83. The quantitative estimate of drug-likeness (QED) is 0.861. The van der Waals surface area contributed by atoms with Gasteiger partial charge in [-0.15, -0.1) is 0 Å². The number of rotatable bonds is 1. The van der Waals surface area contributed by atoms with Gasteiger partial charge in [-0.05, 0) is 22.9 Å². The van der Waals surface area contributed by atoms with Crippen LogP contribution in [0.4, 0.5) is 5.13 Å². The molecule has 0 aliphatic carbocycles. The molecule has 0 saturated carbocycles. The summed E-state index contributed by atoms with van der Waals surface area (Å²) in [5.41, 5.74) is 8.88. The normalized spacial score (nSPS) is 10.4. The van der Waals surface area contributed by atoms with Crippen LogP contribution >= 0.6 is 27.3 Å². The van der Waals surface area contributed by atoms with Crippen LogP contribution in [0.3, 0.4) is 0 Å². The van der Waals surface area contributed by atoms with E-state index in [1.165, 1.54) is 16.9 Å². The molecule has 2 N–H and O–H groups in total. The number of aryl methyl sites for hydroxylation is 1. The van der Waals surface area contributed by atoms with E-state index in [0.29, 0.717) is 5.13 Å². The Bertz CT molecular complexity index is 448. The van der Waals surface area contributed by atoms with Crippen molar-refractivity contribution >= 4 is 32.4 Å². The molecule has 0 aliphatic heterocycles. The molecule has 0 radical (unpaired) electrons. The minimum atomic E-state index is 0.590. The fourth-order valence-electron chi connectivity index (χ4n) is 1.21. The highest BCUT2D eigenvalue weighted by Crippen LogP contribution is 2.33. The van der Waals surface area contributed by atoms with E-state index in [-0.39, 0.29) is 0 Å². The molecule has 0 aliphatic rings. The minimum absolute atomic E-state index is 0.590. The molecule has 2 rings (SSSR count). The number of thiazole rings is 1. The van der Waals surface area contributed by atoms with Gasteiger partial charge in [0.1, 0.15) is 0 Å². The topological polar surface area (TPSA) is 38.9 Å². The number of hydrogen-bond acceptors (Lipinski definition) is 3. The van der Waals surface area contributed by atoms with Crippen molar-refractivity contribution in [3.05, 3.63) is 33.6 Å². The van der Waals surface area contributed by atoms with Gasteiger partial charge in [-0.1, -0.05) is 41.2 Å². The maximum Gasteiger partial charge on any atom is 0.181 e. The fourth-order valence-corrected chi connectivity index (χ4v) is 2.60. The van der Waals surface area contributed by atoms with Gasteiger partial charge in [-0.25, -0.2) is 4.98 Å². The van der Waals surface area contributed by atoms with Crippen LogP contribution in [-0.4, -0.2) is 4.98 Å². The van der Waals surface area contributed by atoms with Crippen molar-refractivity contribution in [3.63, 3.8) is 0 Å². The summed E-state index contributed by atoms with van der Waals surface area (Å²) >= 11 is 4.90. The first kappa shape index (κ1) is 9.68. The summed E-state index contributed by atoms with van der Waals surface area (Å²) in [7, 11) is 0. The van der Waals surface area contributed by atoms with Gasteiger partial charge < -0.3 is 5.73 Å². The van der Waals surface area contributed by atoms with Crippen molar-refractivity contribution in [3.8, 4) is 11.3 Å². The molecule has 72 valence electrons. The molecule has 0 spiro atoms. The zero-order chi connectivity index (χ0) is 10.1. The number of aromatic nitrogens is 1. The van der Waals surface area contributed by atoms with Crippen LogP contribution in [0.2, 0.25) is 0 Å². The number of nitrogens with zero attached hydrogens (tertiary/aromatic N) is 1. The van der Waals surface area contributed by atoms with E-state index >= 15 is 0 Å². The highest BCUT2D eigenvalue weighted by atomic mass is 79.9. The van der Waals surface area contributed by atoms with Crippen LogP contribution in [0.15, 0.2) is 28.1 Å². The van der Waals surface area contributed by atoms with Gasteiger partial charge in [0.15, 0.2) is 5.13 Å². The zero-order valence-corrected chi connectivity index (χ0v) is 10.0. The predicted molar refractivity (Wildman–Crippen MR) is 64.4 cm³/mol. The van der Waals surface area contributed by atoms with Gasteiger partial charge in [0, 0.05) is 5.56 Å². The van der Waals surface area contributed by atoms with Gasteiger partial charge >= 0.3 is 0 Å². The average Bonchev–Trinajstić information content (AvgIpc) is 2.47. The van der Waals surface area contributed by atoms with Crippen LogP contribution in [-0.2, 0) is 0 Å². The number of nitrogens with two attached hydrogens (primary N) is 1. The number of halogens is 1. The molecule has 0 fully saturated rings. The van der Waals surface area contributed by atoms with Gasteiger partial charge in [0.05, 0.1) is 9.48 Å². The molecule has 0 unspecified atom stereocenters. The highest BCUT2D eigenvalue weighted by Gasteiger charge is 2.08. The molecule has 0 saturated heterocycles. The van der Waals surface area contributed by atoms with Crippen molar-refractivity contribution < 1.29 is 0 Å². The Labute approximate surface area is 94.9 Å². The summed E-state index contributed by atoms with van der Waals surface area (Å²) in [4.78, 5) is 4.26. The van der Waals surface area contributed by atoms with Crippen LogP contribution in [0, 0.1) is 6.92 Å². The third-order valence-corrected chi connectivity index (χ3v) is 3.46. The zero-order valence-electron chi connectivity index (χ0n) is 7.62. The maximum absolute atomic E-state index is 5.62. The molecular weight excluding hydrogens is 260 g/mol. The third kappa shape index (κ3) is 1.81. The summed E-state index contributed by atoms with van der Waals surface area (Å²) in [5.74, 6) is 0. The molecule has 14 heavy (non-hydrogen) atoms. The SMILES string of the molecule is Cc1ccc(-c2nc(N)sc2Br)cc1. The maximum atomic E-state index is 5.62. The van der Waals surface area contributed by atoms with Crippen LogP contribution in [0.1, 0.15) is 5.56 Å². The first-order valence-corrected chi connectivity index (χ1v) is 5.76. The Kier molecular flexibility index (Phi) is 2.56. The van der Waals surface area contributed by atoms with Gasteiger partial charge in [-0.2, -0.15) is 0 Å². The second-order valence-corrected chi connectivity index (χ2v) is 5.39. The molecule has 0 amide bonds. The van der Waals surface area contributed by atoms with E-state index in [2.05, 4.69) is 52.1 Å². The van der Waals surface area contributed by atoms with E-state index in [9.17, 15) is 0 Å². The van der Waals surface area contributed by atoms with Gasteiger partial charge in [0.2, 0.25) is 0 Å². The Morgan fingerprint density at radius 1 is 1.29 bits per heavy atom. The molecular formula is C10H9BrN2S. The van der Waals surface area contributed by atoms with E-state index in [1.54, 1.807) is 0 Å². The number of nitrogen functional groups attached to an aromatic ring is 1. The lowest BCUT2D eigenvalue weighted by Gasteiger charge is -1.97. The molecule has 2 aromatic rings. The number of hydrogen-bond donors (Lipinski definition) is 1. The smallest absolute Gasteiger partial charge is 0.181 e. The summed E-state index contributed by atoms with van der Waals surface area (Å²) in [5, 5.41) is 0.590. The van der Waals surface area contributed by atoms with Crippen molar-refractivity contribution in [1.82, 2.24) is 4.98 Å². The number of benzene rings is 1. The lowest BCUT2D eigenvalue weighted by atomic mass is 10.1.